The van der Waals surface area contributed by atoms with Gasteiger partial charge in [0.1, 0.15) is 5.75 Å². The van der Waals surface area contributed by atoms with E-state index in [9.17, 15) is 9.90 Å². The highest BCUT2D eigenvalue weighted by Crippen LogP contribution is 2.20. The molecule has 1 fully saturated rings. The fourth-order valence-electron chi connectivity index (χ4n) is 2.23. The Balaban J connectivity index is 2.03. The molecular weight excluding hydrogens is 230 g/mol. The second-order valence-electron chi connectivity index (χ2n) is 4.76. The maximum Gasteiger partial charge on any atom is 0.227 e. The number of carbonyl (C=O) groups excluding carboxylic acids is 1. The summed E-state index contributed by atoms with van der Waals surface area (Å²) in [6.45, 7) is 3.09. The summed E-state index contributed by atoms with van der Waals surface area (Å²) < 4.78 is 5.24. The predicted molar refractivity (Wildman–Crippen MR) is 68.6 cm³/mol. The van der Waals surface area contributed by atoms with Gasteiger partial charge in [0.05, 0.1) is 19.6 Å². The quantitative estimate of drug-likeness (QED) is 0.874. The molecule has 1 aliphatic rings. The fourth-order valence-corrected chi connectivity index (χ4v) is 2.23. The number of aliphatic hydroxyl groups is 1. The summed E-state index contributed by atoms with van der Waals surface area (Å²) >= 11 is 0. The first-order valence-corrected chi connectivity index (χ1v) is 6.19. The lowest BCUT2D eigenvalue weighted by atomic mass is 10.1. The van der Waals surface area contributed by atoms with Crippen molar-refractivity contribution in [1.82, 2.24) is 4.90 Å². The van der Waals surface area contributed by atoms with Gasteiger partial charge in [-0.3, -0.25) is 4.79 Å². The number of hydrogen-bond acceptors (Lipinski definition) is 3. The smallest absolute Gasteiger partial charge is 0.227 e. The van der Waals surface area contributed by atoms with E-state index in [0.717, 1.165) is 16.9 Å². The lowest BCUT2D eigenvalue weighted by Crippen LogP contribution is -2.30. The van der Waals surface area contributed by atoms with Gasteiger partial charge in [-0.2, -0.15) is 0 Å². The Kier molecular flexibility index (Phi) is 3.87. The Hall–Kier alpha value is -1.55. The van der Waals surface area contributed by atoms with Crippen LogP contribution in [0.3, 0.4) is 0 Å². The Morgan fingerprint density at radius 1 is 1.56 bits per heavy atom. The van der Waals surface area contributed by atoms with Crippen molar-refractivity contribution in [2.75, 3.05) is 20.2 Å². The van der Waals surface area contributed by atoms with Crippen molar-refractivity contribution in [3.05, 3.63) is 29.3 Å². The molecule has 1 amide bonds. The molecule has 0 aromatic heterocycles. The van der Waals surface area contributed by atoms with Crippen molar-refractivity contribution in [3.63, 3.8) is 0 Å². The second-order valence-corrected chi connectivity index (χ2v) is 4.76. The van der Waals surface area contributed by atoms with Crippen molar-refractivity contribution in [2.45, 2.75) is 25.9 Å². The summed E-state index contributed by atoms with van der Waals surface area (Å²) in [7, 11) is 1.63. The summed E-state index contributed by atoms with van der Waals surface area (Å²) in [4.78, 5) is 13.7. The Morgan fingerprint density at radius 3 is 2.94 bits per heavy atom. The molecule has 2 rings (SSSR count). The van der Waals surface area contributed by atoms with Crippen LogP contribution in [-0.2, 0) is 11.2 Å². The van der Waals surface area contributed by atoms with Crippen LogP contribution in [0.4, 0.5) is 0 Å². The van der Waals surface area contributed by atoms with Crippen LogP contribution in [0.2, 0.25) is 0 Å². The second kappa shape index (κ2) is 5.40. The van der Waals surface area contributed by atoms with Crippen LogP contribution in [-0.4, -0.2) is 42.2 Å². The number of rotatable bonds is 3. The first-order chi connectivity index (χ1) is 8.60. The standard InChI is InChI=1S/C14H19NO3/c1-10-3-4-11(7-13(10)18-2)8-14(17)15-6-5-12(16)9-15/h3-4,7,12,16H,5-6,8-9H2,1-2H3/t12-/m1/s1. The number of methoxy groups -OCH3 is 1. The molecule has 1 atom stereocenters. The summed E-state index contributed by atoms with van der Waals surface area (Å²) in [5, 5.41) is 9.42. The number of likely N-dealkylation sites (tertiary alicyclic amines) is 1. The van der Waals surface area contributed by atoms with Crippen LogP contribution in [0.25, 0.3) is 0 Å². The molecule has 1 aromatic rings. The summed E-state index contributed by atoms with van der Waals surface area (Å²) in [5.41, 5.74) is 2.01. The third-order valence-corrected chi connectivity index (χ3v) is 3.34. The van der Waals surface area contributed by atoms with Crippen LogP contribution in [0.5, 0.6) is 5.75 Å². The topological polar surface area (TPSA) is 49.8 Å². The molecule has 0 saturated carbocycles. The fraction of sp³-hybridized carbons (Fsp3) is 0.500. The van der Waals surface area contributed by atoms with E-state index in [2.05, 4.69) is 0 Å². The molecule has 98 valence electrons. The van der Waals surface area contributed by atoms with Crippen LogP contribution in [0.1, 0.15) is 17.5 Å². The largest absolute Gasteiger partial charge is 0.496 e. The minimum Gasteiger partial charge on any atom is -0.496 e. The van der Waals surface area contributed by atoms with E-state index < -0.39 is 0 Å². The highest BCUT2D eigenvalue weighted by atomic mass is 16.5. The number of hydrogen-bond donors (Lipinski definition) is 1. The van der Waals surface area contributed by atoms with Crippen LogP contribution in [0.15, 0.2) is 18.2 Å². The molecule has 1 saturated heterocycles. The zero-order valence-electron chi connectivity index (χ0n) is 10.8. The summed E-state index contributed by atoms with van der Waals surface area (Å²) in [6.07, 6.45) is 0.688. The first-order valence-electron chi connectivity index (χ1n) is 6.19. The van der Waals surface area contributed by atoms with Gasteiger partial charge in [-0.05, 0) is 30.5 Å². The van der Waals surface area contributed by atoms with E-state index in [1.807, 2.05) is 25.1 Å². The SMILES string of the molecule is COc1cc(CC(=O)N2CC[C@@H](O)C2)ccc1C. The monoisotopic (exact) mass is 249 g/mol. The van der Waals surface area contributed by atoms with Gasteiger partial charge in [-0.1, -0.05) is 12.1 Å². The van der Waals surface area contributed by atoms with E-state index in [0.29, 0.717) is 25.9 Å². The van der Waals surface area contributed by atoms with E-state index in [-0.39, 0.29) is 12.0 Å². The number of aryl methyl sites for hydroxylation is 1. The third-order valence-electron chi connectivity index (χ3n) is 3.34. The highest BCUT2D eigenvalue weighted by molar-refractivity contribution is 5.79. The third kappa shape index (κ3) is 2.82. The molecule has 4 nitrogen and oxygen atoms in total. The van der Waals surface area contributed by atoms with Gasteiger partial charge in [-0.15, -0.1) is 0 Å². The maximum atomic E-state index is 12.0. The van der Waals surface area contributed by atoms with Crippen molar-refractivity contribution in [1.29, 1.82) is 0 Å². The molecule has 1 aromatic carbocycles. The highest BCUT2D eigenvalue weighted by Gasteiger charge is 2.24. The Bertz CT molecular complexity index is 445. The molecule has 0 unspecified atom stereocenters. The Labute approximate surface area is 107 Å². The number of carbonyl (C=O) groups is 1. The van der Waals surface area contributed by atoms with Crippen molar-refractivity contribution in [3.8, 4) is 5.75 Å². The molecule has 1 heterocycles. The van der Waals surface area contributed by atoms with Crippen LogP contribution >= 0.6 is 0 Å². The van der Waals surface area contributed by atoms with E-state index in [1.165, 1.54) is 0 Å². The molecule has 18 heavy (non-hydrogen) atoms. The van der Waals surface area contributed by atoms with Gasteiger partial charge >= 0.3 is 0 Å². The number of nitrogens with zero attached hydrogens (tertiary/aromatic N) is 1. The van der Waals surface area contributed by atoms with Gasteiger partial charge in [0.2, 0.25) is 5.91 Å². The van der Waals surface area contributed by atoms with Crippen LogP contribution < -0.4 is 4.74 Å². The van der Waals surface area contributed by atoms with Gasteiger partial charge in [-0.25, -0.2) is 0 Å². The number of aliphatic hydroxyl groups excluding tert-OH is 1. The van der Waals surface area contributed by atoms with Crippen LogP contribution in [0, 0.1) is 6.92 Å². The van der Waals surface area contributed by atoms with Gasteiger partial charge in [0.15, 0.2) is 0 Å². The molecule has 1 aliphatic heterocycles. The zero-order valence-corrected chi connectivity index (χ0v) is 10.8. The maximum absolute atomic E-state index is 12.0. The minimum absolute atomic E-state index is 0.0671. The first kappa shape index (κ1) is 12.9. The zero-order chi connectivity index (χ0) is 13.1. The number of ether oxygens (including phenoxy) is 1. The molecule has 1 N–H and O–H groups in total. The average molecular weight is 249 g/mol. The molecular formula is C14H19NO3. The average Bonchev–Trinajstić information content (AvgIpc) is 2.78. The van der Waals surface area contributed by atoms with Crippen molar-refractivity contribution >= 4 is 5.91 Å². The van der Waals surface area contributed by atoms with Crippen molar-refractivity contribution in [2.24, 2.45) is 0 Å². The van der Waals surface area contributed by atoms with E-state index >= 15 is 0 Å². The Morgan fingerprint density at radius 2 is 2.33 bits per heavy atom. The lowest BCUT2D eigenvalue weighted by molar-refractivity contribution is -0.129. The number of amides is 1. The molecule has 0 spiro atoms. The lowest BCUT2D eigenvalue weighted by Gasteiger charge is -2.16. The molecule has 0 radical (unpaired) electrons. The predicted octanol–water partition coefficient (Wildman–Crippen LogP) is 1.14. The van der Waals surface area contributed by atoms with E-state index in [4.69, 9.17) is 4.74 Å². The summed E-state index contributed by atoms with van der Waals surface area (Å²) in [5.74, 6) is 0.874. The molecule has 4 heteroatoms. The van der Waals surface area contributed by atoms with Gasteiger partial charge < -0.3 is 14.7 Å². The van der Waals surface area contributed by atoms with E-state index in [1.54, 1.807) is 12.0 Å². The van der Waals surface area contributed by atoms with Gasteiger partial charge in [0, 0.05) is 13.1 Å². The number of benzene rings is 1. The number of β-amino-alcohol motifs (C(OH)–C–C–N with tert-alkyl or cyclic N) is 1. The normalized spacial score (nSPS) is 19.1. The van der Waals surface area contributed by atoms with Crippen molar-refractivity contribution < 1.29 is 14.6 Å². The summed E-state index contributed by atoms with van der Waals surface area (Å²) in [6, 6.07) is 5.81. The minimum atomic E-state index is -0.360. The molecule has 0 aliphatic carbocycles. The van der Waals surface area contributed by atoms with Gasteiger partial charge in [0.25, 0.3) is 0 Å². The molecule has 0 bridgehead atoms.